The molecule has 1 aliphatic heterocycles. The molecule has 228 valence electrons. The number of fused-ring (bicyclic) bond motifs is 2. The summed E-state index contributed by atoms with van der Waals surface area (Å²) in [6.45, 7) is 7.55. The molecular formula is C26H29BrClF3N6O5. The lowest BCUT2D eigenvalue weighted by Crippen LogP contribution is -2.38. The van der Waals surface area contributed by atoms with E-state index in [9.17, 15) is 27.6 Å². The number of anilines is 1. The lowest BCUT2D eigenvalue weighted by atomic mass is 10.1. The second-order valence-electron chi connectivity index (χ2n) is 10.6. The maximum absolute atomic E-state index is 13.5. The fourth-order valence-corrected chi connectivity index (χ4v) is 5.06. The SMILES string of the molecule is CCCN(CCC1OCc2c1c(=O)n1nc(Br)nc1n2CC(=O)Nc1ccc(C(F)(F)F)cc1Cl)C(=O)OC(C)(C)C. The van der Waals surface area contributed by atoms with Crippen LogP contribution in [-0.2, 0) is 33.6 Å². The first-order chi connectivity index (χ1) is 19.6. The van der Waals surface area contributed by atoms with Gasteiger partial charge in [-0.3, -0.25) is 9.59 Å². The number of rotatable bonds is 8. The fourth-order valence-electron chi connectivity index (χ4n) is 4.52. The third-order valence-corrected chi connectivity index (χ3v) is 6.94. The molecule has 0 fully saturated rings. The predicted octanol–water partition coefficient (Wildman–Crippen LogP) is 5.57. The number of carbonyl (C=O) groups is 2. The Morgan fingerprint density at radius 2 is 1.98 bits per heavy atom. The quantitative estimate of drug-likeness (QED) is 0.331. The molecule has 0 bridgehead atoms. The first-order valence-corrected chi connectivity index (χ1v) is 14.2. The lowest BCUT2D eigenvalue weighted by Gasteiger charge is -2.27. The van der Waals surface area contributed by atoms with Gasteiger partial charge in [0, 0.05) is 13.1 Å². The molecule has 0 aliphatic carbocycles. The van der Waals surface area contributed by atoms with Crippen LogP contribution in [0.15, 0.2) is 27.7 Å². The average molecular weight is 678 g/mol. The van der Waals surface area contributed by atoms with Crippen LogP contribution in [0.1, 0.15) is 63.5 Å². The van der Waals surface area contributed by atoms with Crippen molar-refractivity contribution in [1.82, 2.24) is 24.1 Å². The van der Waals surface area contributed by atoms with E-state index in [0.717, 1.165) is 22.7 Å². The molecular weight excluding hydrogens is 649 g/mol. The van der Waals surface area contributed by atoms with E-state index < -0.39 is 41.0 Å². The van der Waals surface area contributed by atoms with Crippen LogP contribution in [0.25, 0.3) is 5.78 Å². The van der Waals surface area contributed by atoms with Gasteiger partial charge < -0.3 is 24.3 Å². The summed E-state index contributed by atoms with van der Waals surface area (Å²) in [7, 11) is 0. The number of aromatic nitrogens is 4. The fraction of sp³-hybridized carbons (Fsp3) is 0.500. The van der Waals surface area contributed by atoms with Crippen molar-refractivity contribution in [2.45, 2.75) is 71.6 Å². The highest BCUT2D eigenvalue weighted by molar-refractivity contribution is 9.10. The molecule has 1 aromatic carbocycles. The molecule has 0 saturated heterocycles. The topological polar surface area (TPSA) is 120 Å². The van der Waals surface area contributed by atoms with E-state index in [-0.39, 0.29) is 52.9 Å². The smallest absolute Gasteiger partial charge is 0.416 e. The zero-order valence-corrected chi connectivity index (χ0v) is 25.6. The van der Waals surface area contributed by atoms with Gasteiger partial charge in [0.15, 0.2) is 0 Å². The molecule has 2 amide bonds. The van der Waals surface area contributed by atoms with Gasteiger partial charge in [0.05, 0.1) is 40.2 Å². The van der Waals surface area contributed by atoms with Crippen molar-refractivity contribution in [2.24, 2.45) is 0 Å². The molecule has 11 nitrogen and oxygen atoms in total. The van der Waals surface area contributed by atoms with Crippen LogP contribution in [-0.4, -0.2) is 54.8 Å². The van der Waals surface area contributed by atoms with Gasteiger partial charge in [-0.25, -0.2) is 4.79 Å². The van der Waals surface area contributed by atoms with E-state index in [2.05, 4.69) is 31.3 Å². The summed E-state index contributed by atoms with van der Waals surface area (Å²) in [4.78, 5) is 45.0. The molecule has 1 atom stereocenters. The molecule has 1 N–H and O–H groups in total. The standard InChI is InChI=1S/C26H29BrClF3N6O5/c1-5-9-35(24(40)42-25(2,3)4)10-8-18-20-17(13-41-18)36(23-33-22(27)34-37(23)21(20)39)12-19(38)32-16-7-6-14(11-15(16)28)26(29,30)31/h6-7,11,18H,5,8-10,12-13H2,1-4H3,(H,32,38). The Balaban J connectivity index is 1.60. The number of halogens is 5. The molecule has 2 aromatic heterocycles. The lowest BCUT2D eigenvalue weighted by molar-refractivity contribution is -0.137. The van der Waals surface area contributed by atoms with Gasteiger partial charge in [-0.15, -0.1) is 5.10 Å². The van der Waals surface area contributed by atoms with Crippen molar-refractivity contribution in [3.05, 3.63) is 55.1 Å². The predicted molar refractivity (Wildman–Crippen MR) is 150 cm³/mol. The summed E-state index contributed by atoms with van der Waals surface area (Å²) in [6.07, 6.45) is -4.81. The van der Waals surface area contributed by atoms with Crippen molar-refractivity contribution < 1.29 is 32.2 Å². The van der Waals surface area contributed by atoms with Crippen molar-refractivity contribution in [3.63, 3.8) is 0 Å². The number of hydrogen-bond donors (Lipinski definition) is 1. The number of alkyl halides is 3. The molecule has 0 spiro atoms. The highest BCUT2D eigenvalue weighted by Gasteiger charge is 2.34. The first kappa shape index (κ1) is 31.8. The van der Waals surface area contributed by atoms with Crippen LogP contribution in [0.5, 0.6) is 0 Å². The number of hydrogen-bond acceptors (Lipinski definition) is 7. The van der Waals surface area contributed by atoms with E-state index in [0.29, 0.717) is 18.7 Å². The Labute approximate surface area is 252 Å². The number of amides is 2. The largest absolute Gasteiger partial charge is 0.444 e. The third-order valence-electron chi connectivity index (χ3n) is 6.29. The zero-order chi connectivity index (χ0) is 31.0. The van der Waals surface area contributed by atoms with Gasteiger partial charge in [0.25, 0.3) is 5.56 Å². The molecule has 3 aromatic rings. The Morgan fingerprint density at radius 3 is 2.60 bits per heavy atom. The molecule has 0 radical (unpaired) electrons. The number of nitrogens with one attached hydrogen (secondary N) is 1. The van der Waals surface area contributed by atoms with Crippen LogP contribution >= 0.6 is 27.5 Å². The van der Waals surface area contributed by atoms with Crippen LogP contribution < -0.4 is 10.9 Å². The van der Waals surface area contributed by atoms with Crippen LogP contribution in [0.3, 0.4) is 0 Å². The Bertz CT molecular complexity index is 1570. The summed E-state index contributed by atoms with van der Waals surface area (Å²) in [5.74, 6) is -0.573. The summed E-state index contributed by atoms with van der Waals surface area (Å²) in [5, 5.41) is 6.32. The molecule has 1 unspecified atom stereocenters. The van der Waals surface area contributed by atoms with E-state index >= 15 is 0 Å². The number of ether oxygens (including phenoxy) is 2. The Kier molecular flexibility index (Phi) is 9.23. The van der Waals surface area contributed by atoms with Gasteiger partial charge in [-0.1, -0.05) is 18.5 Å². The normalized spacial score (nSPS) is 15.1. The highest BCUT2D eigenvalue weighted by atomic mass is 79.9. The third kappa shape index (κ3) is 7.06. The summed E-state index contributed by atoms with van der Waals surface area (Å²) < 4.78 is 53.1. The van der Waals surface area contributed by atoms with Gasteiger partial charge in [-0.2, -0.15) is 22.7 Å². The first-order valence-electron chi connectivity index (χ1n) is 13.0. The van der Waals surface area contributed by atoms with Crippen LogP contribution in [0.2, 0.25) is 5.02 Å². The minimum atomic E-state index is -4.59. The summed E-state index contributed by atoms with van der Waals surface area (Å²) in [6, 6.07) is 2.59. The van der Waals surface area contributed by atoms with E-state index in [4.69, 9.17) is 21.1 Å². The minimum absolute atomic E-state index is 0.0155. The molecule has 0 saturated carbocycles. The highest BCUT2D eigenvalue weighted by Crippen LogP contribution is 2.34. The van der Waals surface area contributed by atoms with Crippen molar-refractivity contribution in [3.8, 4) is 0 Å². The van der Waals surface area contributed by atoms with E-state index in [1.54, 1.807) is 25.7 Å². The number of benzene rings is 1. The molecule has 1 aliphatic rings. The van der Waals surface area contributed by atoms with Crippen molar-refractivity contribution in [1.29, 1.82) is 0 Å². The zero-order valence-electron chi connectivity index (χ0n) is 23.2. The van der Waals surface area contributed by atoms with Crippen molar-refractivity contribution >= 4 is 51.0 Å². The average Bonchev–Trinajstić information content (AvgIpc) is 3.48. The van der Waals surface area contributed by atoms with Gasteiger partial charge in [0.2, 0.25) is 16.4 Å². The van der Waals surface area contributed by atoms with E-state index in [1.165, 1.54) is 4.57 Å². The maximum Gasteiger partial charge on any atom is 0.416 e. The monoisotopic (exact) mass is 676 g/mol. The van der Waals surface area contributed by atoms with Crippen molar-refractivity contribution in [2.75, 3.05) is 18.4 Å². The Hall–Kier alpha value is -3.17. The maximum atomic E-state index is 13.5. The van der Waals surface area contributed by atoms with Gasteiger partial charge in [0.1, 0.15) is 12.1 Å². The van der Waals surface area contributed by atoms with Gasteiger partial charge in [-0.05, 0) is 67.7 Å². The van der Waals surface area contributed by atoms with E-state index in [1.807, 2.05) is 6.92 Å². The summed E-state index contributed by atoms with van der Waals surface area (Å²) >= 11 is 9.16. The molecule has 42 heavy (non-hydrogen) atoms. The molecule has 16 heteroatoms. The second-order valence-corrected chi connectivity index (χ2v) is 11.8. The Morgan fingerprint density at radius 1 is 1.26 bits per heavy atom. The number of nitrogens with zero attached hydrogens (tertiary/aromatic N) is 5. The number of carbonyl (C=O) groups excluding carboxylic acids is 2. The summed E-state index contributed by atoms with van der Waals surface area (Å²) in [5.41, 5.74) is -1.47. The minimum Gasteiger partial charge on any atom is -0.444 e. The van der Waals surface area contributed by atoms with Gasteiger partial charge >= 0.3 is 12.3 Å². The van der Waals surface area contributed by atoms with Crippen LogP contribution in [0, 0.1) is 0 Å². The molecule has 3 heterocycles. The second kappa shape index (κ2) is 12.2. The molecule has 4 rings (SSSR count). The van der Waals surface area contributed by atoms with Crippen LogP contribution in [0.4, 0.5) is 23.7 Å².